The molecule has 0 aliphatic rings. The summed E-state index contributed by atoms with van der Waals surface area (Å²) in [6.45, 7) is 0. The van der Waals surface area contributed by atoms with E-state index in [0.29, 0.717) is 0 Å². The van der Waals surface area contributed by atoms with Crippen LogP contribution in [0.2, 0.25) is 0 Å². The number of rotatable bonds is 2. The third-order valence-electron chi connectivity index (χ3n) is 2.98. The molecule has 0 N–H and O–H groups in total. The average Bonchev–Trinajstić information content (AvgIpc) is 2.37. The molecule has 0 radical (unpaired) electrons. The lowest BCUT2D eigenvalue weighted by atomic mass is 9.98. The molecule has 0 heterocycles. The molecule has 0 fully saturated rings. The standard InChI is InChI=1S/C15H13F4N/c1-20(2)13-9-5-7-11(14(13)16)10-6-3-4-8-12(10)15(17,18)19/h3-9H,1-2H3. The van der Waals surface area contributed by atoms with Crippen LogP contribution in [0.5, 0.6) is 0 Å². The van der Waals surface area contributed by atoms with Gasteiger partial charge in [0.2, 0.25) is 0 Å². The van der Waals surface area contributed by atoms with E-state index in [1.54, 1.807) is 20.2 Å². The Morgan fingerprint density at radius 1 is 0.850 bits per heavy atom. The normalized spacial score (nSPS) is 11.5. The van der Waals surface area contributed by atoms with Crippen LogP contribution in [-0.4, -0.2) is 14.1 Å². The summed E-state index contributed by atoms with van der Waals surface area (Å²) >= 11 is 0. The van der Waals surface area contributed by atoms with Crippen molar-refractivity contribution < 1.29 is 17.6 Å². The van der Waals surface area contributed by atoms with Crippen molar-refractivity contribution in [1.29, 1.82) is 0 Å². The molecule has 2 aromatic carbocycles. The van der Waals surface area contributed by atoms with Crippen LogP contribution in [0.1, 0.15) is 5.56 Å². The summed E-state index contributed by atoms with van der Waals surface area (Å²) in [5.74, 6) is -0.658. The lowest BCUT2D eigenvalue weighted by Crippen LogP contribution is -2.12. The first-order valence-corrected chi connectivity index (χ1v) is 5.95. The van der Waals surface area contributed by atoms with Crippen molar-refractivity contribution in [3.63, 3.8) is 0 Å². The fourth-order valence-corrected chi connectivity index (χ4v) is 2.04. The van der Waals surface area contributed by atoms with Crippen LogP contribution in [0.3, 0.4) is 0 Å². The second kappa shape index (κ2) is 5.15. The highest BCUT2D eigenvalue weighted by atomic mass is 19.4. The maximum atomic E-state index is 14.4. The average molecular weight is 283 g/mol. The first-order chi connectivity index (χ1) is 9.32. The van der Waals surface area contributed by atoms with Crippen molar-refractivity contribution in [2.24, 2.45) is 0 Å². The maximum absolute atomic E-state index is 14.4. The van der Waals surface area contributed by atoms with Crippen LogP contribution < -0.4 is 4.90 Å². The van der Waals surface area contributed by atoms with Gasteiger partial charge in [-0.1, -0.05) is 30.3 Å². The molecule has 0 aliphatic carbocycles. The highest BCUT2D eigenvalue weighted by Gasteiger charge is 2.34. The molecule has 0 saturated heterocycles. The molecular weight excluding hydrogens is 270 g/mol. The van der Waals surface area contributed by atoms with Gasteiger partial charge in [0.15, 0.2) is 5.82 Å². The van der Waals surface area contributed by atoms with Crippen molar-refractivity contribution in [2.75, 3.05) is 19.0 Å². The van der Waals surface area contributed by atoms with Gasteiger partial charge < -0.3 is 4.90 Å². The third-order valence-corrected chi connectivity index (χ3v) is 2.98. The summed E-state index contributed by atoms with van der Waals surface area (Å²) in [5.41, 5.74) is -0.792. The summed E-state index contributed by atoms with van der Waals surface area (Å²) < 4.78 is 53.3. The van der Waals surface area contributed by atoms with Crippen LogP contribution in [0, 0.1) is 5.82 Å². The van der Waals surface area contributed by atoms with E-state index in [1.165, 1.54) is 35.2 Å². The van der Waals surface area contributed by atoms with Gasteiger partial charge in [-0.2, -0.15) is 13.2 Å². The van der Waals surface area contributed by atoms with E-state index >= 15 is 0 Å². The number of halogens is 4. The number of benzene rings is 2. The summed E-state index contributed by atoms with van der Waals surface area (Å²) in [6, 6.07) is 9.41. The highest BCUT2D eigenvalue weighted by Crippen LogP contribution is 2.39. The quantitative estimate of drug-likeness (QED) is 0.729. The summed E-state index contributed by atoms with van der Waals surface area (Å²) in [6.07, 6.45) is -4.52. The smallest absolute Gasteiger partial charge is 0.375 e. The van der Waals surface area contributed by atoms with Gasteiger partial charge in [-0.05, 0) is 17.7 Å². The van der Waals surface area contributed by atoms with Crippen molar-refractivity contribution >= 4 is 5.69 Å². The van der Waals surface area contributed by atoms with Crippen molar-refractivity contribution in [1.82, 2.24) is 0 Å². The Morgan fingerprint density at radius 3 is 2.05 bits per heavy atom. The zero-order valence-corrected chi connectivity index (χ0v) is 11.0. The zero-order chi connectivity index (χ0) is 14.9. The topological polar surface area (TPSA) is 3.24 Å². The molecule has 106 valence electrons. The molecule has 0 aromatic heterocycles. The molecule has 1 nitrogen and oxygen atoms in total. The minimum atomic E-state index is -4.52. The van der Waals surface area contributed by atoms with Gasteiger partial charge in [0.05, 0.1) is 11.3 Å². The Kier molecular flexibility index (Phi) is 3.70. The largest absolute Gasteiger partial charge is 0.417 e. The number of hydrogen-bond acceptors (Lipinski definition) is 1. The Morgan fingerprint density at radius 2 is 1.45 bits per heavy atom. The molecule has 0 saturated carbocycles. The van der Waals surface area contributed by atoms with Crippen LogP contribution in [0.25, 0.3) is 11.1 Å². The predicted molar refractivity (Wildman–Crippen MR) is 71.2 cm³/mol. The van der Waals surface area contributed by atoms with Gasteiger partial charge in [0, 0.05) is 19.7 Å². The maximum Gasteiger partial charge on any atom is 0.417 e. The lowest BCUT2D eigenvalue weighted by molar-refractivity contribution is -0.137. The molecule has 0 atom stereocenters. The SMILES string of the molecule is CN(C)c1cccc(-c2ccccc2C(F)(F)F)c1F. The second-order valence-corrected chi connectivity index (χ2v) is 4.58. The monoisotopic (exact) mass is 283 g/mol. The summed E-state index contributed by atoms with van der Waals surface area (Å²) in [5, 5.41) is 0. The molecule has 0 unspecified atom stereocenters. The zero-order valence-electron chi connectivity index (χ0n) is 11.0. The van der Waals surface area contributed by atoms with Crippen molar-refractivity contribution in [3.8, 4) is 11.1 Å². The van der Waals surface area contributed by atoms with E-state index in [1.807, 2.05) is 0 Å². The Bertz CT molecular complexity index is 618. The summed E-state index contributed by atoms with van der Waals surface area (Å²) in [7, 11) is 3.27. The van der Waals surface area contributed by atoms with Crippen LogP contribution in [-0.2, 0) is 6.18 Å². The Balaban J connectivity index is 2.67. The van der Waals surface area contributed by atoms with Gasteiger partial charge >= 0.3 is 6.18 Å². The molecule has 20 heavy (non-hydrogen) atoms. The fourth-order valence-electron chi connectivity index (χ4n) is 2.04. The molecule has 5 heteroatoms. The van der Waals surface area contributed by atoms with Gasteiger partial charge in [-0.25, -0.2) is 4.39 Å². The Hall–Kier alpha value is -2.04. The van der Waals surface area contributed by atoms with Crippen molar-refractivity contribution in [3.05, 3.63) is 53.8 Å². The molecule has 0 amide bonds. The van der Waals surface area contributed by atoms with E-state index in [9.17, 15) is 17.6 Å². The predicted octanol–water partition coefficient (Wildman–Crippen LogP) is 4.58. The minimum Gasteiger partial charge on any atom is -0.375 e. The molecule has 0 aliphatic heterocycles. The number of hydrogen-bond donors (Lipinski definition) is 0. The van der Waals surface area contributed by atoms with Crippen LogP contribution >= 0.6 is 0 Å². The molecule has 2 rings (SSSR count). The lowest BCUT2D eigenvalue weighted by Gasteiger charge is -2.18. The van der Waals surface area contributed by atoms with E-state index in [4.69, 9.17) is 0 Å². The van der Waals surface area contributed by atoms with Gasteiger partial charge in [0.1, 0.15) is 0 Å². The summed E-state index contributed by atoms with van der Waals surface area (Å²) in [4.78, 5) is 1.52. The van der Waals surface area contributed by atoms with Gasteiger partial charge in [-0.15, -0.1) is 0 Å². The van der Waals surface area contributed by atoms with Gasteiger partial charge in [0.25, 0.3) is 0 Å². The minimum absolute atomic E-state index is 0.0517. The number of nitrogens with zero attached hydrogens (tertiary/aromatic N) is 1. The third kappa shape index (κ3) is 2.61. The van der Waals surface area contributed by atoms with Crippen molar-refractivity contribution in [2.45, 2.75) is 6.18 Å². The van der Waals surface area contributed by atoms with E-state index in [0.717, 1.165) is 6.07 Å². The van der Waals surface area contributed by atoms with Crippen LogP contribution in [0.15, 0.2) is 42.5 Å². The fraction of sp³-hybridized carbons (Fsp3) is 0.200. The van der Waals surface area contributed by atoms with E-state index in [-0.39, 0.29) is 16.8 Å². The van der Waals surface area contributed by atoms with Crippen LogP contribution in [0.4, 0.5) is 23.2 Å². The number of alkyl halides is 3. The highest BCUT2D eigenvalue weighted by molar-refractivity contribution is 5.72. The first-order valence-electron chi connectivity index (χ1n) is 5.95. The molecule has 0 bridgehead atoms. The molecule has 0 spiro atoms. The van der Waals surface area contributed by atoms with E-state index in [2.05, 4.69) is 0 Å². The van der Waals surface area contributed by atoms with E-state index < -0.39 is 17.6 Å². The number of anilines is 1. The first kappa shape index (κ1) is 14.4. The second-order valence-electron chi connectivity index (χ2n) is 4.58. The van der Waals surface area contributed by atoms with Gasteiger partial charge in [-0.3, -0.25) is 0 Å². The molecule has 2 aromatic rings. The Labute approximate surface area is 114 Å². The molecular formula is C15H13F4N.